The van der Waals surface area contributed by atoms with Gasteiger partial charge in [0.15, 0.2) is 0 Å². The van der Waals surface area contributed by atoms with Gasteiger partial charge < -0.3 is 19.4 Å². The van der Waals surface area contributed by atoms with Crippen LogP contribution in [0.25, 0.3) is 11.0 Å². The SMILES string of the molecule is OB(O)c1cc2cc(N(c3ccccc3)c3ccccc3)ccc2o1. The second kappa shape index (κ2) is 6.47. The molecule has 5 heteroatoms. The van der Waals surface area contributed by atoms with Crippen molar-refractivity contribution in [2.75, 3.05) is 4.90 Å². The van der Waals surface area contributed by atoms with Crippen molar-refractivity contribution in [3.8, 4) is 0 Å². The van der Waals surface area contributed by atoms with Crippen molar-refractivity contribution < 1.29 is 14.5 Å². The number of fused-ring (bicyclic) bond motifs is 1. The van der Waals surface area contributed by atoms with Gasteiger partial charge in [-0.2, -0.15) is 0 Å². The summed E-state index contributed by atoms with van der Waals surface area (Å²) in [5, 5.41) is 19.4. The molecule has 0 saturated carbocycles. The highest BCUT2D eigenvalue weighted by atomic mass is 16.4. The van der Waals surface area contributed by atoms with E-state index in [-0.39, 0.29) is 5.66 Å². The van der Waals surface area contributed by atoms with Crippen molar-refractivity contribution >= 4 is 40.8 Å². The van der Waals surface area contributed by atoms with E-state index in [1.54, 1.807) is 6.07 Å². The number of nitrogens with zero attached hydrogens (tertiary/aromatic N) is 1. The molecule has 1 aromatic heterocycles. The monoisotopic (exact) mass is 329 g/mol. The summed E-state index contributed by atoms with van der Waals surface area (Å²) in [7, 11) is -1.62. The van der Waals surface area contributed by atoms with Crippen LogP contribution >= 0.6 is 0 Å². The highest BCUT2D eigenvalue weighted by molar-refractivity contribution is 6.57. The van der Waals surface area contributed by atoms with Crippen LogP contribution in [0.15, 0.2) is 89.3 Å². The van der Waals surface area contributed by atoms with Crippen LogP contribution in [0.4, 0.5) is 17.1 Å². The average Bonchev–Trinajstić information content (AvgIpc) is 3.08. The lowest BCUT2D eigenvalue weighted by molar-refractivity contribution is 0.412. The van der Waals surface area contributed by atoms with Crippen molar-refractivity contribution in [3.63, 3.8) is 0 Å². The van der Waals surface area contributed by atoms with E-state index in [1.807, 2.05) is 54.6 Å². The minimum Gasteiger partial charge on any atom is -0.465 e. The second-order valence-corrected chi connectivity index (χ2v) is 5.75. The van der Waals surface area contributed by atoms with E-state index < -0.39 is 7.12 Å². The van der Waals surface area contributed by atoms with E-state index in [9.17, 15) is 10.0 Å². The molecule has 0 aliphatic carbocycles. The molecule has 0 fully saturated rings. The van der Waals surface area contributed by atoms with E-state index in [2.05, 4.69) is 29.2 Å². The Morgan fingerprint density at radius 3 is 1.84 bits per heavy atom. The lowest BCUT2D eigenvalue weighted by Crippen LogP contribution is -2.27. The molecule has 3 aromatic carbocycles. The van der Waals surface area contributed by atoms with E-state index >= 15 is 0 Å². The highest BCUT2D eigenvalue weighted by Gasteiger charge is 2.18. The number of rotatable bonds is 4. The van der Waals surface area contributed by atoms with Gasteiger partial charge in [0.2, 0.25) is 0 Å². The lowest BCUT2D eigenvalue weighted by atomic mass is 9.88. The Bertz CT molecular complexity index is 944. The molecule has 4 nitrogen and oxygen atoms in total. The summed E-state index contributed by atoms with van der Waals surface area (Å²) < 4.78 is 5.46. The van der Waals surface area contributed by atoms with Crippen LogP contribution in [0.1, 0.15) is 0 Å². The third kappa shape index (κ3) is 3.03. The van der Waals surface area contributed by atoms with Crippen molar-refractivity contribution in [3.05, 3.63) is 84.9 Å². The zero-order valence-corrected chi connectivity index (χ0v) is 13.4. The minimum atomic E-state index is -1.62. The largest absolute Gasteiger partial charge is 0.526 e. The first-order chi connectivity index (χ1) is 12.2. The number of hydrogen-bond acceptors (Lipinski definition) is 4. The fraction of sp³-hybridized carbons (Fsp3) is 0. The van der Waals surface area contributed by atoms with Crippen molar-refractivity contribution in [2.24, 2.45) is 0 Å². The maximum absolute atomic E-state index is 9.31. The smallest absolute Gasteiger partial charge is 0.465 e. The Balaban J connectivity index is 1.86. The first-order valence-corrected chi connectivity index (χ1v) is 8.02. The van der Waals surface area contributed by atoms with Gasteiger partial charge >= 0.3 is 7.12 Å². The van der Waals surface area contributed by atoms with Gasteiger partial charge in [-0.1, -0.05) is 36.4 Å². The van der Waals surface area contributed by atoms with Gasteiger partial charge in [0, 0.05) is 22.4 Å². The van der Waals surface area contributed by atoms with Gasteiger partial charge in [-0.15, -0.1) is 0 Å². The molecule has 4 aromatic rings. The lowest BCUT2D eigenvalue weighted by Gasteiger charge is -2.25. The normalized spacial score (nSPS) is 10.8. The van der Waals surface area contributed by atoms with Gasteiger partial charge in [0.05, 0.1) is 0 Å². The molecule has 0 unspecified atom stereocenters. The molecular formula is C20H16BNO3. The van der Waals surface area contributed by atoms with Crippen molar-refractivity contribution in [1.29, 1.82) is 0 Å². The maximum atomic E-state index is 9.31. The molecule has 0 spiro atoms. The molecular weight excluding hydrogens is 313 g/mol. The Morgan fingerprint density at radius 1 is 0.680 bits per heavy atom. The fourth-order valence-electron chi connectivity index (χ4n) is 2.92. The minimum absolute atomic E-state index is 0.137. The highest BCUT2D eigenvalue weighted by Crippen LogP contribution is 2.35. The molecule has 0 amide bonds. The van der Waals surface area contributed by atoms with Gasteiger partial charge in [-0.25, -0.2) is 0 Å². The van der Waals surface area contributed by atoms with E-state index in [4.69, 9.17) is 4.42 Å². The Kier molecular flexibility index (Phi) is 4.02. The standard InChI is InChI=1S/C20H16BNO3/c23-21(24)20-14-15-13-18(11-12-19(15)25-20)22(16-7-3-1-4-8-16)17-9-5-2-6-10-17/h1-14,23-24H. The predicted octanol–water partition coefficient (Wildman–Crippen LogP) is 3.58. The molecule has 122 valence electrons. The Labute approximate surface area is 145 Å². The summed E-state index contributed by atoms with van der Waals surface area (Å²) in [4.78, 5) is 2.14. The maximum Gasteiger partial charge on any atom is 0.526 e. The number of para-hydroxylation sites is 2. The number of furan rings is 1. The third-order valence-corrected chi connectivity index (χ3v) is 4.06. The topological polar surface area (TPSA) is 56.8 Å². The van der Waals surface area contributed by atoms with E-state index in [0.29, 0.717) is 5.58 Å². The van der Waals surface area contributed by atoms with Crippen LogP contribution in [-0.2, 0) is 0 Å². The summed E-state index contributed by atoms with van der Waals surface area (Å²) in [5.74, 6) is 0. The Hall–Kier alpha value is -3.02. The van der Waals surface area contributed by atoms with Crippen LogP contribution in [0, 0.1) is 0 Å². The molecule has 0 bridgehead atoms. The summed E-state index contributed by atoms with van der Waals surface area (Å²) in [6, 6.07) is 27.6. The van der Waals surface area contributed by atoms with Crippen molar-refractivity contribution in [1.82, 2.24) is 0 Å². The summed E-state index contributed by atoms with van der Waals surface area (Å²) in [5.41, 5.74) is 3.80. The zero-order valence-electron chi connectivity index (χ0n) is 13.4. The van der Waals surface area contributed by atoms with Crippen LogP contribution in [-0.4, -0.2) is 17.2 Å². The molecule has 2 N–H and O–H groups in total. The zero-order chi connectivity index (χ0) is 17.2. The second-order valence-electron chi connectivity index (χ2n) is 5.75. The molecule has 0 atom stereocenters. The molecule has 0 radical (unpaired) electrons. The number of hydrogen-bond donors (Lipinski definition) is 2. The summed E-state index contributed by atoms with van der Waals surface area (Å²) in [6.07, 6.45) is 0. The quantitative estimate of drug-likeness (QED) is 0.562. The predicted molar refractivity (Wildman–Crippen MR) is 101 cm³/mol. The van der Waals surface area contributed by atoms with Crippen LogP contribution < -0.4 is 10.6 Å². The fourth-order valence-corrected chi connectivity index (χ4v) is 2.92. The van der Waals surface area contributed by atoms with E-state index in [0.717, 1.165) is 22.4 Å². The first-order valence-electron chi connectivity index (χ1n) is 8.02. The van der Waals surface area contributed by atoms with Gasteiger partial charge in [-0.05, 0) is 48.5 Å². The number of anilines is 3. The summed E-state index contributed by atoms with van der Waals surface area (Å²) >= 11 is 0. The van der Waals surface area contributed by atoms with Crippen molar-refractivity contribution in [2.45, 2.75) is 0 Å². The van der Waals surface area contributed by atoms with Gasteiger partial charge in [-0.3, -0.25) is 0 Å². The molecule has 1 heterocycles. The van der Waals surface area contributed by atoms with Crippen LogP contribution in [0.2, 0.25) is 0 Å². The number of benzene rings is 3. The molecule has 25 heavy (non-hydrogen) atoms. The molecule has 4 rings (SSSR count). The average molecular weight is 329 g/mol. The van der Waals surface area contributed by atoms with Crippen LogP contribution in [0.5, 0.6) is 0 Å². The van der Waals surface area contributed by atoms with Crippen LogP contribution in [0.3, 0.4) is 0 Å². The van der Waals surface area contributed by atoms with E-state index in [1.165, 1.54) is 0 Å². The van der Waals surface area contributed by atoms with Gasteiger partial charge in [0.25, 0.3) is 0 Å². The first kappa shape index (κ1) is 15.5. The molecule has 0 saturated heterocycles. The third-order valence-electron chi connectivity index (χ3n) is 4.06. The Morgan fingerprint density at radius 2 is 1.28 bits per heavy atom. The van der Waals surface area contributed by atoms with Gasteiger partial charge in [0.1, 0.15) is 11.2 Å². The molecule has 0 aliphatic rings. The molecule has 0 aliphatic heterocycles. The summed E-state index contributed by atoms with van der Waals surface area (Å²) in [6.45, 7) is 0.